The Kier molecular flexibility index (Phi) is 3.83. The van der Waals surface area contributed by atoms with Crippen LogP contribution in [0, 0.1) is 5.92 Å². The van der Waals surface area contributed by atoms with Crippen molar-refractivity contribution in [1.82, 2.24) is 0 Å². The van der Waals surface area contributed by atoms with E-state index in [1.807, 2.05) is 12.1 Å². The number of nitrogens with zero attached hydrogens (tertiary/aromatic N) is 1. The summed E-state index contributed by atoms with van der Waals surface area (Å²) in [6, 6.07) is 10.4. The lowest BCUT2D eigenvalue weighted by atomic mass is 9.75. The standard InChI is InChI=1S/C22H20BrNO3/c1-12(25)13-6-7-19-16(8-13)14-4-3-5-15(14)22(24(19)2)17-9-20-21(10-18(17)23)27-11-26-20/h3-4,6-10,14-15,22H,5,11H2,1-2H3. The summed E-state index contributed by atoms with van der Waals surface area (Å²) in [7, 11) is 2.14. The third kappa shape index (κ3) is 2.52. The lowest BCUT2D eigenvalue weighted by Gasteiger charge is -2.44. The fourth-order valence-corrected chi connectivity index (χ4v) is 5.29. The maximum atomic E-state index is 11.9. The van der Waals surface area contributed by atoms with Crippen LogP contribution >= 0.6 is 15.9 Å². The zero-order chi connectivity index (χ0) is 18.7. The number of carbonyl (C=O) groups excluding carboxylic acids is 1. The highest BCUT2D eigenvalue weighted by Gasteiger charge is 2.42. The van der Waals surface area contributed by atoms with Gasteiger partial charge >= 0.3 is 0 Å². The van der Waals surface area contributed by atoms with Crippen LogP contribution in [0.2, 0.25) is 0 Å². The number of allylic oxidation sites excluding steroid dienone is 2. The van der Waals surface area contributed by atoms with Crippen LogP contribution in [0.1, 0.15) is 46.8 Å². The Morgan fingerprint density at radius 3 is 2.70 bits per heavy atom. The number of ether oxygens (including phenoxy) is 2. The molecule has 1 aliphatic carbocycles. The van der Waals surface area contributed by atoms with E-state index in [0.717, 1.165) is 28.0 Å². The predicted octanol–water partition coefficient (Wildman–Crippen LogP) is 5.23. The monoisotopic (exact) mass is 425 g/mol. The number of carbonyl (C=O) groups is 1. The van der Waals surface area contributed by atoms with E-state index in [0.29, 0.717) is 11.8 Å². The molecule has 0 N–H and O–H groups in total. The van der Waals surface area contributed by atoms with Gasteiger partial charge in [0.05, 0.1) is 6.04 Å². The zero-order valence-corrected chi connectivity index (χ0v) is 16.8. The summed E-state index contributed by atoms with van der Waals surface area (Å²) in [5, 5.41) is 0. The average Bonchev–Trinajstić information content (AvgIpc) is 3.30. The molecule has 0 radical (unpaired) electrons. The first-order chi connectivity index (χ1) is 13.0. The molecule has 27 heavy (non-hydrogen) atoms. The number of hydrogen-bond donors (Lipinski definition) is 0. The number of halogens is 1. The topological polar surface area (TPSA) is 38.8 Å². The third-order valence-electron chi connectivity index (χ3n) is 6.02. The Morgan fingerprint density at radius 2 is 1.93 bits per heavy atom. The summed E-state index contributed by atoms with van der Waals surface area (Å²) in [5.74, 6) is 2.44. The lowest BCUT2D eigenvalue weighted by molar-refractivity contribution is 0.101. The van der Waals surface area contributed by atoms with Crippen molar-refractivity contribution in [2.75, 3.05) is 18.7 Å². The third-order valence-corrected chi connectivity index (χ3v) is 6.71. The van der Waals surface area contributed by atoms with Crippen molar-refractivity contribution in [2.45, 2.75) is 25.3 Å². The number of anilines is 1. The van der Waals surface area contributed by atoms with Gasteiger partial charge in [0.25, 0.3) is 0 Å². The first-order valence-electron chi connectivity index (χ1n) is 9.18. The summed E-state index contributed by atoms with van der Waals surface area (Å²) in [6.07, 6.45) is 5.59. The van der Waals surface area contributed by atoms with Crippen LogP contribution in [0.3, 0.4) is 0 Å². The van der Waals surface area contributed by atoms with Crippen molar-refractivity contribution in [1.29, 1.82) is 0 Å². The number of hydrogen-bond acceptors (Lipinski definition) is 4. The van der Waals surface area contributed by atoms with Crippen molar-refractivity contribution in [3.05, 3.63) is 63.6 Å². The van der Waals surface area contributed by atoms with Gasteiger partial charge in [0, 0.05) is 28.7 Å². The molecular weight excluding hydrogens is 406 g/mol. The van der Waals surface area contributed by atoms with Crippen molar-refractivity contribution in [2.24, 2.45) is 5.92 Å². The Bertz CT molecular complexity index is 984. The lowest BCUT2D eigenvalue weighted by Crippen LogP contribution is -2.37. The maximum absolute atomic E-state index is 11.9. The molecule has 0 bridgehead atoms. The van der Waals surface area contributed by atoms with Gasteiger partial charge in [-0.1, -0.05) is 28.1 Å². The number of rotatable bonds is 2. The van der Waals surface area contributed by atoms with Gasteiger partial charge in [0.2, 0.25) is 6.79 Å². The van der Waals surface area contributed by atoms with Gasteiger partial charge in [0.15, 0.2) is 17.3 Å². The second-order valence-electron chi connectivity index (χ2n) is 7.47. The highest BCUT2D eigenvalue weighted by Crippen LogP contribution is 2.54. The highest BCUT2D eigenvalue weighted by atomic mass is 79.9. The van der Waals surface area contributed by atoms with Gasteiger partial charge in [-0.2, -0.15) is 0 Å². The largest absolute Gasteiger partial charge is 0.454 e. The number of ketones is 1. The van der Waals surface area contributed by atoms with Crippen molar-refractivity contribution in [3.8, 4) is 11.5 Å². The predicted molar refractivity (Wildman–Crippen MR) is 108 cm³/mol. The van der Waals surface area contributed by atoms with Crippen LogP contribution in [-0.4, -0.2) is 19.6 Å². The van der Waals surface area contributed by atoms with E-state index >= 15 is 0 Å². The summed E-state index contributed by atoms with van der Waals surface area (Å²) >= 11 is 3.75. The number of Topliss-reactive ketones (excluding diaryl/α,β-unsaturated/α-hetero) is 1. The molecule has 3 aliphatic rings. The van der Waals surface area contributed by atoms with Gasteiger partial charge in [-0.3, -0.25) is 4.79 Å². The van der Waals surface area contributed by atoms with E-state index in [9.17, 15) is 4.79 Å². The molecule has 3 atom stereocenters. The van der Waals surface area contributed by atoms with E-state index in [1.165, 1.54) is 16.8 Å². The maximum Gasteiger partial charge on any atom is 0.231 e. The second-order valence-corrected chi connectivity index (χ2v) is 8.32. The number of fused-ring (bicyclic) bond motifs is 4. The fourth-order valence-electron chi connectivity index (χ4n) is 4.73. The first-order valence-corrected chi connectivity index (χ1v) is 9.97. The van der Waals surface area contributed by atoms with Crippen LogP contribution in [0.4, 0.5) is 5.69 Å². The van der Waals surface area contributed by atoms with Crippen LogP contribution < -0.4 is 14.4 Å². The quantitative estimate of drug-likeness (QED) is 0.487. The molecule has 0 aromatic heterocycles. The van der Waals surface area contributed by atoms with Gasteiger partial charge < -0.3 is 14.4 Å². The minimum atomic E-state index is 0.111. The normalized spacial score (nSPS) is 24.7. The molecule has 5 rings (SSSR count). The van der Waals surface area contributed by atoms with E-state index in [4.69, 9.17) is 9.47 Å². The summed E-state index contributed by atoms with van der Waals surface area (Å²) < 4.78 is 12.2. The SMILES string of the molecule is CC(=O)c1ccc2c(c1)C1C=CCC1C(c1cc3c(cc1Br)OCO3)N2C. The Hall–Kier alpha value is -2.27. The molecule has 2 aromatic carbocycles. The summed E-state index contributed by atoms with van der Waals surface area (Å²) in [4.78, 5) is 14.2. The van der Waals surface area contributed by atoms with Crippen molar-refractivity contribution < 1.29 is 14.3 Å². The fraction of sp³-hybridized carbons (Fsp3) is 0.318. The Labute approximate surface area is 166 Å². The molecular formula is C22H20BrNO3. The molecule has 2 heterocycles. The Morgan fingerprint density at radius 1 is 1.15 bits per heavy atom. The molecule has 0 spiro atoms. The molecule has 5 heteroatoms. The average molecular weight is 426 g/mol. The smallest absolute Gasteiger partial charge is 0.231 e. The van der Waals surface area contributed by atoms with Crippen molar-refractivity contribution >= 4 is 27.4 Å². The summed E-state index contributed by atoms with van der Waals surface area (Å²) in [5.41, 5.74) is 4.42. The highest BCUT2D eigenvalue weighted by molar-refractivity contribution is 9.10. The second kappa shape index (κ2) is 6.13. The minimum Gasteiger partial charge on any atom is -0.454 e. The summed E-state index contributed by atoms with van der Waals surface area (Å²) in [6.45, 7) is 1.90. The minimum absolute atomic E-state index is 0.111. The van der Waals surface area contributed by atoms with Gasteiger partial charge in [-0.25, -0.2) is 0 Å². The molecule has 138 valence electrons. The zero-order valence-electron chi connectivity index (χ0n) is 15.2. The molecule has 4 nitrogen and oxygen atoms in total. The molecule has 0 amide bonds. The van der Waals surface area contributed by atoms with Crippen LogP contribution in [-0.2, 0) is 0 Å². The Balaban J connectivity index is 1.64. The molecule has 2 aliphatic heterocycles. The number of benzene rings is 2. The molecule has 0 fully saturated rings. The molecule has 0 saturated carbocycles. The molecule has 3 unspecified atom stereocenters. The van der Waals surface area contributed by atoms with Crippen LogP contribution in [0.15, 0.2) is 47.0 Å². The van der Waals surface area contributed by atoms with Gasteiger partial charge in [0.1, 0.15) is 0 Å². The molecule has 2 aromatic rings. The van der Waals surface area contributed by atoms with E-state index in [2.05, 4.69) is 58.2 Å². The van der Waals surface area contributed by atoms with E-state index in [-0.39, 0.29) is 18.6 Å². The van der Waals surface area contributed by atoms with E-state index < -0.39 is 0 Å². The molecule has 0 saturated heterocycles. The van der Waals surface area contributed by atoms with E-state index in [1.54, 1.807) is 6.92 Å². The van der Waals surface area contributed by atoms with Crippen LogP contribution in [0.25, 0.3) is 0 Å². The van der Waals surface area contributed by atoms with Gasteiger partial charge in [-0.15, -0.1) is 0 Å². The van der Waals surface area contributed by atoms with Crippen LogP contribution in [0.5, 0.6) is 11.5 Å². The van der Waals surface area contributed by atoms with Gasteiger partial charge in [-0.05, 0) is 60.7 Å². The first kappa shape index (κ1) is 16.9. The van der Waals surface area contributed by atoms with Crippen molar-refractivity contribution in [3.63, 3.8) is 0 Å².